The number of rotatable bonds is 6. The van der Waals surface area contributed by atoms with E-state index in [2.05, 4.69) is 20.8 Å². The van der Waals surface area contributed by atoms with Gasteiger partial charge in [0.2, 0.25) is 5.91 Å². The fourth-order valence-electron chi connectivity index (χ4n) is 2.99. The predicted octanol–water partition coefficient (Wildman–Crippen LogP) is 2.79. The summed E-state index contributed by atoms with van der Waals surface area (Å²) in [5, 5.41) is 0. The van der Waals surface area contributed by atoms with Crippen molar-refractivity contribution in [2.75, 3.05) is 13.1 Å². The lowest BCUT2D eigenvalue weighted by atomic mass is 9.80. The van der Waals surface area contributed by atoms with Crippen molar-refractivity contribution in [1.82, 2.24) is 4.90 Å². The van der Waals surface area contributed by atoms with E-state index in [-0.39, 0.29) is 0 Å². The number of hydrogen-bond donors (Lipinski definition) is 1. The van der Waals surface area contributed by atoms with Crippen LogP contribution >= 0.6 is 0 Å². The Morgan fingerprint density at radius 2 is 1.78 bits per heavy atom. The summed E-state index contributed by atoms with van der Waals surface area (Å²) in [6.45, 7) is 8.02. The highest BCUT2D eigenvalue weighted by Crippen LogP contribution is 2.30. The predicted molar refractivity (Wildman–Crippen MR) is 76.3 cm³/mol. The van der Waals surface area contributed by atoms with Gasteiger partial charge in [0.15, 0.2) is 0 Å². The van der Waals surface area contributed by atoms with Gasteiger partial charge in [-0.15, -0.1) is 0 Å². The van der Waals surface area contributed by atoms with Crippen LogP contribution in [0.4, 0.5) is 0 Å². The topological polar surface area (TPSA) is 46.3 Å². The van der Waals surface area contributed by atoms with Crippen LogP contribution in [-0.4, -0.2) is 29.9 Å². The average Bonchev–Trinajstić information content (AvgIpc) is 2.40. The lowest BCUT2D eigenvalue weighted by Gasteiger charge is -2.31. The van der Waals surface area contributed by atoms with Crippen molar-refractivity contribution in [3.8, 4) is 0 Å². The quantitative estimate of drug-likeness (QED) is 0.792. The molecule has 0 spiro atoms. The molecule has 1 aliphatic rings. The summed E-state index contributed by atoms with van der Waals surface area (Å²) in [5.41, 5.74) is 5.70. The number of nitrogens with two attached hydrogens (primary N) is 1. The van der Waals surface area contributed by atoms with Crippen LogP contribution in [0.5, 0.6) is 0 Å². The Morgan fingerprint density at radius 1 is 1.22 bits per heavy atom. The second-order valence-electron chi connectivity index (χ2n) is 5.76. The third-order valence-corrected chi connectivity index (χ3v) is 4.55. The van der Waals surface area contributed by atoms with Crippen LogP contribution in [0.1, 0.15) is 59.3 Å². The smallest absolute Gasteiger partial charge is 0.223 e. The molecule has 1 fully saturated rings. The highest BCUT2D eigenvalue weighted by atomic mass is 16.2. The zero-order valence-electron chi connectivity index (χ0n) is 12.3. The van der Waals surface area contributed by atoms with E-state index in [1.54, 1.807) is 0 Å². The molecule has 0 radical (unpaired) electrons. The first-order valence-corrected chi connectivity index (χ1v) is 7.61. The van der Waals surface area contributed by atoms with E-state index in [1.165, 1.54) is 25.7 Å². The molecule has 106 valence electrons. The van der Waals surface area contributed by atoms with Crippen molar-refractivity contribution in [1.29, 1.82) is 0 Å². The second kappa shape index (κ2) is 7.78. The lowest BCUT2D eigenvalue weighted by Crippen LogP contribution is -2.39. The largest absolute Gasteiger partial charge is 0.340 e. The van der Waals surface area contributed by atoms with Gasteiger partial charge in [-0.1, -0.05) is 6.92 Å². The van der Waals surface area contributed by atoms with Crippen LogP contribution in [0.3, 0.4) is 0 Å². The van der Waals surface area contributed by atoms with Gasteiger partial charge in [-0.2, -0.15) is 0 Å². The van der Waals surface area contributed by atoms with Crippen LogP contribution in [0, 0.1) is 11.8 Å². The van der Waals surface area contributed by atoms with Gasteiger partial charge in [0.1, 0.15) is 0 Å². The molecule has 1 rings (SSSR count). The first-order valence-electron chi connectivity index (χ1n) is 7.61. The summed E-state index contributed by atoms with van der Waals surface area (Å²) < 4.78 is 0. The van der Waals surface area contributed by atoms with E-state index in [0.29, 0.717) is 23.8 Å². The van der Waals surface area contributed by atoms with E-state index in [1.807, 2.05) is 4.90 Å². The molecule has 1 amide bonds. The normalized spacial score (nSPS) is 25.8. The van der Waals surface area contributed by atoms with E-state index < -0.39 is 0 Å². The van der Waals surface area contributed by atoms with Crippen molar-refractivity contribution < 1.29 is 4.79 Å². The van der Waals surface area contributed by atoms with Crippen molar-refractivity contribution in [2.24, 2.45) is 17.6 Å². The Kier molecular flexibility index (Phi) is 6.69. The van der Waals surface area contributed by atoms with Gasteiger partial charge < -0.3 is 10.6 Å². The Bertz CT molecular complexity index is 247. The van der Waals surface area contributed by atoms with Gasteiger partial charge in [-0.05, 0) is 64.3 Å². The number of carbonyl (C=O) groups is 1. The van der Waals surface area contributed by atoms with Crippen LogP contribution in [0.2, 0.25) is 0 Å². The highest BCUT2D eigenvalue weighted by Gasteiger charge is 2.25. The summed E-state index contributed by atoms with van der Waals surface area (Å²) in [5.74, 6) is 1.65. The summed E-state index contributed by atoms with van der Waals surface area (Å²) >= 11 is 0. The van der Waals surface area contributed by atoms with Crippen molar-refractivity contribution >= 4 is 5.91 Å². The molecule has 1 saturated carbocycles. The van der Waals surface area contributed by atoms with Gasteiger partial charge in [0.05, 0.1) is 0 Å². The highest BCUT2D eigenvalue weighted by molar-refractivity contribution is 5.76. The van der Waals surface area contributed by atoms with Gasteiger partial charge >= 0.3 is 0 Å². The standard InChI is InChI=1S/C15H30N2O/c1-4-12(3)17(5-2)15(18)10-13-6-8-14(11-16)9-7-13/h12-14H,4-11,16H2,1-3H3. The lowest BCUT2D eigenvalue weighted by molar-refractivity contribution is -0.134. The van der Waals surface area contributed by atoms with Crippen LogP contribution < -0.4 is 5.73 Å². The van der Waals surface area contributed by atoms with Gasteiger partial charge in [-0.25, -0.2) is 0 Å². The molecule has 1 atom stereocenters. The molecule has 2 N–H and O–H groups in total. The maximum Gasteiger partial charge on any atom is 0.223 e. The fraction of sp³-hybridized carbons (Fsp3) is 0.933. The molecule has 3 heteroatoms. The van der Waals surface area contributed by atoms with E-state index >= 15 is 0 Å². The Labute approximate surface area is 112 Å². The van der Waals surface area contributed by atoms with Gasteiger partial charge in [0, 0.05) is 19.0 Å². The van der Waals surface area contributed by atoms with Gasteiger partial charge in [0.25, 0.3) is 0 Å². The number of carbonyl (C=O) groups excluding carboxylic acids is 1. The van der Waals surface area contributed by atoms with E-state index in [0.717, 1.165) is 25.9 Å². The second-order valence-corrected chi connectivity index (χ2v) is 5.76. The zero-order valence-corrected chi connectivity index (χ0v) is 12.3. The first-order chi connectivity index (χ1) is 8.62. The molecule has 1 aliphatic carbocycles. The summed E-state index contributed by atoms with van der Waals surface area (Å²) in [6.07, 6.45) is 6.58. The molecule has 18 heavy (non-hydrogen) atoms. The maximum absolute atomic E-state index is 12.3. The number of amides is 1. The van der Waals surface area contributed by atoms with Gasteiger partial charge in [-0.3, -0.25) is 4.79 Å². The molecule has 3 nitrogen and oxygen atoms in total. The van der Waals surface area contributed by atoms with E-state index in [9.17, 15) is 4.79 Å². The number of nitrogens with zero attached hydrogens (tertiary/aromatic N) is 1. The molecule has 0 saturated heterocycles. The third-order valence-electron chi connectivity index (χ3n) is 4.55. The molecule has 0 bridgehead atoms. The molecule has 0 aromatic carbocycles. The van der Waals surface area contributed by atoms with Crippen molar-refractivity contribution in [2.45, 2.75) is 65.3 Å². The molecule has 0 aliphatic heterocycles. The molecule has 0 aromatic rings. The average molecular weight is 254 g/mol. The Balaban J connectivity index is 2.40. The molecule has 0 heterocycles. The molecule has 1 unspecified atom stereocenters. The summed E-state index contributed by atoms with van der Waals surface area (Å²) in [6, 6.07) is 0.378. The summed E-state index contributed by atoms with van der Waals surface area (Å²) in [4.78, 5) is 14.3. The molecular formula is C15H30N2O. The van der Waals surface area contributed by atoms with Crippen molar-refractivity contribution in [3.63, 3.8) is 0 Å². The number of hydrogen-bond acceptors (Lipinski definition) is 2. The SMILES string of the molecule is CCC(C)N(CC)C(=O)CC1CCC(CN)CC1. The monoisotopic (exact) mass is 254 g/mol. The Morgan fingerprint density at radius 3 is 2.22 bits per heavy atom. The van der Waals surface area contributed by atoms with Crippen LogP contribution in [0.15, 0.2) is 0 Å². The van der Waals surface area contributed by atoms with Crippen LogP contribution in [0.25, 0.3) is 0 Å². The molecular weight excluding hydrogens is 224 g/mol. The third kappa shape index (κ3) is 4.27. The first kappa shape index (κ1) is 15.5. The van der Waals surface area contributed by atoms with Crippen molar-refractivity contribution in [3.05, 3.63) is 0 Å². The van der Waals surface area contributed by atoms with Crippen LogP contribution in [-0.2, 0) is 4.79 Å². The zero-order chi connectivity index (χ0) is 13.5. The minimum Gasteiger partial charge on any atom is -0.340 e. The van der Waals surface area contributed by atoms with E-state index in [4.69, 9.17) is 5.73 Å². The summed E-state index contributed by atoms with van der Waals surface area (Å²) in [7, 11) is 0. The minimum atomic E-state index is 0.350. The Hall–Kier alpha value is -0.570. The fourth-order valence-corrected chi connectivity index (χ4v) is 2.99. The molecule has 0 aromatic heterocycles. The minimum absolute atomic E-state index is 0.350. The maximum atomic E-state index is 12.3.